The third kappa shape index (κ3) is 2.75. The fourth-order valence-electron chi connectivity index (χ4n) is 3.92. The molecular formula is C23H13FN4O4. The third-order valence-corrected chi connectivity index (χ3v) is 5.40. The van der Waals surface area contributed by atoms with E-state index >= 15 is 0 Å². The molecule has 0 atom stereocenters. The summed E-state index contributed by atoms with van der Waals surface area (Å²) in [5.41, 5.74) is 3.11. The van der Waals surface area contributed by atoms with Crippen molar-refractivity contribution in [2.45, 2.75) is 0 Å². The first kappa shape index (κ1) is 18.3. The Balaban J connectivity index is 1.70. The van der Waals surface area contributed by atoms with Crippen LogP contribution in [0.25, 0.3) is 38.8 Å². The number of hydrogen-bond donors (Lipinski definition) is 0. The second kappa shape index (κ2) is 6.74. The first-order chi connectivity index (χ1) is 15.6. The van der Waals surface area contributed by atoms with Gasteiger partial charge in [-0.25, -0.2) is 9.07 Å². The standard InChI is InChI=1S/C23H13FN4O4/c24-14-6-4-13(5-7-14)22-18-11-25-19-10-21-20(31-12-32-21)9-17(19)23(18)27(26-22)15-2-1-3-16(8-15)28(29)30/h1-11H,12H2. The predicted molar refractivity (Wildman–Crippen MR) is 115 cm³/mol. The second-order valence-corrected chi connectivity index (χ2v) is 7.29. The summed E-state index contributed by atoms with van der Waals surface area (Å²) in [6.45, 7) is 0.125. The number of ether oxygens (including phenoxy) is 2. The van der Waals surface area contributed by atoms with Crippen LogP contribution in [0.1, 0.15) is 0 Å². The minimum atomic E-state index is -0.451. The van der Waals surface area contributed by atoms with Crippen LogP contribution in [0.5, 0.6) is 11.5 Å². The molecule has 0 aliphatic carbocycles. The summed E-state index contributed by atoms with van der Waals surface area (Å²) in [4.78, 5) is 15.5. The lowest BCUT2D eigenvalue weighted by Gasteiger charge is -2.07. The van der Waals surface area contributed by atoms with Crippen molar-refractivity contribution in [1.29, 1.82) is 0 Å². The van der Waals surface area contributed by atoms with Crippen LogP contribution >= 0.6 is 0 Å². The van der Waals surface area contributed by atoms with Gasteiger partial charge in [-0.15, -0.1) is 0 Å². The van der Waals surface area contributed by atoms with E-state index in [9.17, 15) is 14.5 Å². The molecule has 3 heterocycles. The molecule has 0 saturated heterocycles. The number of benzene rings is 3. The van der Waals surface area contributed by atoms with Gasteiger partial charge >= 0.3 is 0 Å². The number of pyridine rings is 1. The lowest BCUT2D eigenvalue weighted by Crippen LogP contribution is -1.99. The molecule has 1 aliphatic rings. The molecule has 0 bridgehead atoms. The highest BCUT2D eigenvalue weighted by molar-refractivity contribution is 6.09. The van der Waals surface area contributed by atoms with Gasteiger partial charge in [0, 0.05) is 40.7 Å². The first-order valence-corrected chi connectivity index (χ1v) is 9.70. The lowest BCUT2D eigenvalue weighted by atomic mass is 10.1. The van der Waals surface area contributed by atoms with E-state index in [1.165, 1.54) is 24.3 Å². The monoisotopic (exact) mass is 428 g/mol. The van der Waals surface area contributed by atoms with Gasteiger partial charge in [-0.2, -0.15) is 5.10 Å². The molecule has 5 aromatic rings. The average Bonchev–Trinajstić information content (AvgIpc) is 3.42. The molecular weight excluding hydrogens is 415 g/mol. The molecule has 3 aromatic carbocycles. The summed E-state index contributed by atoms with van der Waals surface area (Å²) in [6.07, 6.45) is 1.69. The summed E-state index contributed by atoms with van der Waals surface area (Å²) in [6, 6.07) is 15.9. The Morgan fingerprint density at radius 1 is 1.00 bits per heavy atom. The summed E-state index contributed by atoms with van der Waals surface area (Å²) in [5, 5.41) is 17.6. The SMILES string of the molecule is O=[N+]([O-])c1cccc(-n2nc(-c3ccc(F)cc3)c3cnc4cc5c(cc4c32)OCO5)c1. The van der Waals surface area contributed by atoms with E-state index in [2.05, 4.69) is 4.98 Å². The molecule has 0 N–H and O–H groups in total. The Kier molecular flexibility index (Phi) is 3.85. The first-order valence-electron chi connectivity index (χ1n) is 9.70. The van der Waals surface area contributed by atoms with Crippen LogP contribution in [0.15, 0.2) is 66.9 Å². The van der Waals surface area contributed by atoms with Gasteiger partial charge in [-0.05, 0) is 36.4 Å². The maximum absolute atomic E-state index is 13.5. The number of hydrogen-bond acceptors (Lipinski definition) is 6. The number of rotatable bonds is 3. The fourth-order valence-corrected chi connectivity index (χ4v) is 3.92. The van der Waals surface area contributed by atoms with E-state index in [-0.39, 0.29) is 18.3 Å². The number of halogens is 1. The Labute approximate surface area is 179 Å². The van der Waals surface area contributed by atoms with E-state index in [0.29, 0.717) is 39.5 Å². The quantitative estimate of drug-likeness (QED) is 0.296. The molecule has 0 unspecified atom stereocenters. The molecule has 1 aliphatic heterocycles. The molecule has 8 nitrogen and oxygen atoms in total. The van der Waals surface area contributed by atoms with E-state index in [1.54, 1.807) is 41.2 Å². The van der Waals surface area contributed by atoms with Gasteiger partial charge in [0.25, 0.3) is 5.69 Å². The second-order valence-electron chi connectivity index (χ2n) is 7.29. The van der Waals surface area contributed by atoms with Crippen LogP contribution in [-0.4, -0.2) is 26.5 Å². The van der Waals surface area contributed by atoms with Crippen molar-refractivity contribution in [3.05, 3.63) is 82.8 Å². The molecule has 32 heavy (non-hydrogen) atoms. The number of nitrogens with zero attached hydrogens (tertiary/aromatic N) is 4. The van der Waals surface area contributed by atoms with Gasteiger partial charge in [0.05, 0.1) is 21.6 Å². The van der Waals surface area contributed by atoms with Crippen molar-refractivity contribution in [2.75, 3.05) is 6.79 Å². The third-order valence-electron chi connectivity index (χ3n) is 5.40. The van der Waals surface area contributed by atoms with Gasteiger partial charge in [0.2, 0.25) is 6.79 Å². The van der Waals surface area contributed by atoms with E-state index in [0.717, 1.165) is 10.8 Å². The predicted octanol–water partition coefficient (Wildman–Crippen LogP) is 5.02. The Hall–Kier alpha value is -4.53. The van der Waals surface area contributed by atoms with Crippen LogP contribution in [0.3, 0.4) is 0 Å². The van der Waals surface area contributed by atoms with Crippen LogP contribution in [0.4, 0.5) is 10.1 Å². The molecule has 0 saturated carbocycles. The van der Waals surface area contributed by atoms with Crippen molar-refractivity contribution in [3.63, 3.8) is 0 Å². The highest BCUT2D eigenvalue weighted by Gasteiger charge is 2.22. The average molecular weight is 428 g/mol. The summed E-state index contributed by atoms with van der Waals surface area (Å²) in [7, 11) is 0. The Morgan fingerprint density at radius 3 is 2.56 bits per heavy atom. The number of fused-ring (bicyclic) bond motifs is 4. The zero-order valence-corrected chi connectivity index (χ0v) is 16.4. The van der Waals surface area contributed by atoms with Crippen LogP contribution in [0, 0.1) is 15.9 Å². The maximum Gasteiger partial charge on any atom is 0.271 e. The Morgan fingerprint density at radius 2 is 1.78 bits per heavy atom. The van der Waals surface area contributed by atoms with Gasteiger partial charge in [0.1, 0.15) is 11.5 Å². The van der Waals surface area contributed by atoms with E-state index in [1.807, 2.05) is 6.07 Å². The van der Waals surface area contributed by atoms with Gasteiger partial charge in [-0.1, -0.05) is 6.07 Å². The summed E-state index contributed by atoms with van der Waals surface area (Å²) in [5.74, 6) is 0.832. The summed E-state index contributed by atoms with van der Waals surface area (Å²) >= 11 is 0. The smallest absolute Gasteiger partial charge is 0.271 e. The molecule has 6 rings (SSSR count). The number of aromatic nitrogens is 3. The van der Waals surface area contributed by atoms with Crippen molar-refractivity contribution >= 4 is 27.5 Å². The van der Waals surface area contributed by atoms with Crippen LogP contribution < -0.4 is 9.47 Å². The zero-order chi connectivity index (χ0) is 21.8. The minimum Gasteiger partial charge on any atom is -0.454 e. The molecule has 0 fully saturated rings. The topological polar surface area (TPSA) is 92.3 Å². The summed E-state index contributed by atoms with van der Waals surface area (Å²) < 4.78 is 26.2. The van der Waals surface area contributed by atoms with Crippen molar-refractivity contribution in [1.82, 2.24) is 14.8 Å². The molecule has 0 radical (unpaired) electrons. The van der Waals surface area contributed by atoms with Crippen molar-refractivity contribution < 1.29 is 18.8 Å². The highest BCUT2D eigenvalue weighted by Crippen LogP contribution is 2.40. The number of nitro groups is 1. The van der Waals surface area contributed by atoms with Crippen LogP contribution in [0.2, 0.25) is 0 Å². The highest BCUT2D eigenvalue weighted by atomic mass is 19.1. The van der Waals surface area contributed by atoms with Crippen molar-refractivity contribution in [2.24, 2.45) is 0 Å². The zero-order valence-electron chi connectivity index (χ0n) is 16.4. The molecule has 0 spiro atoms. The fraction of sp³-hybridized carbons (Fsp3) is 0.0435. The molecule has 9 heteroatoms. The normalized spacial score (nSPS) is 12.5. The lowest BCUT2D eigenvalue weighted by molar-refractivity contribution is -0.384. The van der Waals surface area contributed by atoms with Gasteiger partial charge in [-0.3, -0.25) is 15.1 Å². The van der Waals surface area contributed by atoms with E-state index in [4.69, 9.17) is 14.6 Å². The number of nitro benzene ring substituents is 1. The maximum atomic E-state index is 13.5. The van der Waals surface area contributed by atoms with Crippen LogP contribution in [-0.2, 0) is 0 Å². The largest absolute Gasteiger partial charge is 0.454 e. The molecule has 0 amide bonds. The minimum absolute atomic E-state index is 0.0505. The Bertz CT molecular complexity index is 1550. The van der Waals surface area contributed by atoms with E-state index < -0.39 is 4.92 Å². The van der Waals surface area contributed by atoms with Gasteiger partial charge in [0.15, 0.2) is 11.5 Å². The molecule has 2 aromatic heterocycles. The van der Waals surface area contributed by atoms with Gasteiger partial charge < -0.3 is 9.47 Å². The molecule has 156 valence electrons. The number of non-ortho nitro benzene ring substituents is 1. The van der Waals surface area contributed by atoms with Crippen molar-refractivity contribution in [3.8, 4) is 28.4 Å².